The van der Waals surface area contributed by atoms with Crippen molar-refractivity contribution < 1.29 is 14.3 Å². The molecule has 0 saturated carbocycles. The van der Waals surface area contributed by atoms with Crippen molar-refractivity contribution in [3.63, 3.8) is 0 Å². The van der Waals surface area contributed by atoms with Gasteiger partial charge in [-0.15, -0.1) is 0 Å². The lowest BCUT2D eigenvalue weighted by Crippen LogP contribution is -2.54. The lowest BCUT2D eigenvalue weighted by molar-refractivity contribution is -0.127. The Hall–Kier alpha value is -1.92. The third-order valence-electron chi connectivity index (χ3n) is 3.35. The van der Waals surface area contributed by atoms with Crippen molar-refractivity contribution >= 4 is 11.8 Å². The quantitative estimate of drug-likeness (QED) is 0.776. The van der Waals surface area contributed by atoms with Crippen molar-refractivity contribution in [1.82, 2.24) is 4.90 Å². The Kier molecular flexibility index (Phi) is 4.70. The van der Waals surface area contributed by atoms with Gasteiger partial charge in [-0.2, -0.15) is 0 Å². The zero-order valence-electron chi connectivity index (χ0n) is 11.2. The highest BCUT2D eigenvalue weighted by Gasteiger charge is 2.31. The summed E-state index contributed by atoms with van der Waals surface area (Å²) < 4.78 is 5.20. The van der Waals surface area contributed by atoms with Crippen LogP contribution in [0.25, 0.3) is 0 Å². The molecule has 6 nitrogen and oxygen atoms in total. The fraction of sp³-hybridized carbons (Fsp3) is 0.429. The maximum Gasteiger partial charge on any atom is 0.254 e. The first-order valence-electron chi connectivity index (χ1n) is 6.60. The van der Waals surface area contributed by atoms with Crippen LogP contribution in [0.5, 0.6) is 0 Å². The molecule has 1 aromatic rings. The molecule has 1 unspecified atom stereocenters. The van der Waals surface area contributed by atoms with Gasteiger partial charge >= 0.3 is 0 Å². The molecule has 0 bridgehead atoms. The van der Waals surface area contributed by atoms with Gasteiger partial charge in [-0.25, -0.2) is 0 Å². The van der Waals surface area contributed by atoms with Gasteiger partial charge in [0, 0.05) is 12.1 Å². The van der Waals surface area contributed by atoms with E-state index in [1.807, 2.05) is 12.1 Å². The highest BCUT2D eigenvalue weighted by Crippen LogP contribution is 2.13. The molecular formula is C14H19N3O3. The van der Waals surface area contributed by atoms with Crippen LogP contribution in [-0.4, -0.2) is 49.1 Å². The zero-order chi connectivity index (χ0) is 14.5. The second-order valence-corrected chi connectivity index (χ2v) is 4.73. The van der Waals surface area contributed by atoms with Crippen LogP contribution in [0.2, 0.25) is 0 Å². The molecule has 1 aliphatic heterocycles. The summed E-state index contributed by atoms with van der Waals surface area (Å²) in [5.41, 5.74) is 12.4. The predicted octanol–water partition coefficient (Wildman–Crippen LogP) is -0.486. The van der Waals surface area contributed by atoms with Crippen molar-refractivity contribution in [2.75, 3.05) is 26.3 Å². The first kappa shape index (κ1) is 14.5. The number of morpholine rings is 1. The smallest absolute Gasteiger partial charge is 0.254 e. The molecule has 0 spiro atoms. The van der Waals surface area contributed by atoms with E-state index >= 15 is 0 Å². The number of hydrogen-bond acceptors (Lipinski definition) is 4. The number of benzene rings is 1. The number of primary amides is 1. The summed E-state index contributed by atoms with van der Waals surface area (Å²) in [6.07, 6.45) is 0.774. The molecule has 1 atom stereocenters. The highest BCUT2D eigenvalue weighted by molar-refractivity contribution is 5.97. The van der Waals surface area contributed by atoms with E-state index in [2.05, 4.69) is 0 Å². The number of ether oxygens (including phenoxy) is 1. The monoisotopic (exact) mass is 277 g/mol. The molecule has 2 rings (SSSR count). The Labute approximate surface area is 117 Å². The van der Waals surface area contributed by atoms with Gasteiger partial charge in [0.15, 0.2) is 0 Å². The molecule has 1 aliphatic rings. The number of amides is 2. The van der Waals surface area contributed by atoms with Crippen molar-refractivity contribution in [2.45, 2.75) is 12.5 Å². The van der Waals surface area contributed by atoms with E-state index in [1.54, 1.807) is 12.1 Å². The third kappa shape index (κ3) is 3.15. The molecule has 108 valence electrons. The van der Waals surface area contributed by atoms with Crippen molar-refractivity contribution in [1.29, 1.82) is 0 Å². The summed E-state index contributed by atoms with van der Waals surface area (Å²) in [5, 5.41) is 0. The summed E-state index contributed by atoms with van der Waals surface area (Å²) in [6.45, 7) is 1.52. The van der Waals surface area contributed by atoms with Crippen LogP contribution in [0.1, 0.15) is 15.9 Å². The Balaban J connectivity index is 2.14. The molecule has 1 aromatic carbocycles. The number of carbonyl (C=O) groups is 2. The molecule has 0 aromatic heterocycles. The average molecular weight is 277 g/mol. The Bertz CT molecular complexity index is 487. The molecule has 1 heterocycles. The summed E-state index contributed by atoms with van der Waals surface area (Å²) >= 11 is 0. The average Bonchev–Trinajstić information content (AvgIpc) is 2.47. The van der Waals surface area contributed by atoms with Crippen LogP contribution in [0.4, 0.5) is 0 Å². The SMILES string of the molecule is NCCc1ccc(C(=O)N2CCOCC2C(N)=O)cc1. The van der Waals surface area contributed by atoms with Crippen LogP contribution >= 0.6 is 0 Å². The number of hydrogen-bond donors (Lipinski definition) is 2. The van der Waals surface area contributed by atoms with E-state index in [0.29, 0.717) is 25.3 Å². The molecule has 1 fully saturated rings. The first-order valence-corrected chi connectivity index (χ1v) is 6.60. The Morgan fingerprint density at radius 2 is 2.00 bits per heavy atom. The highest BCUT2D eigenvalue weighted by atomic mass is 16.5. The van der Waals surface area contributed by atoms with Crippen LogP contribution in [0, 0.1) is 0 Å². The molecule has 20 heavy (non-hydrogen) atoms. The second kappa shape index (κ2) is 6.49. The fourth-order valence-electron chi connectivity index (χ4n) is 2.23. The molecule has 2 amide bonds. The summed E-state index contributed by atoms with van der Waals surface area (Å²) in [4.78, 5) is 25.3. The minimum atomic E-state index is -0.694. The number of nitrogens with zero attached hydrogens (tertiary/aromatic N) is 1. The van der Waals surface area contributed by atoms with Gasteiger partial charge in [-0.05, 0) is 30.7 Å². The van der Waals surface area contributed by atoms with Crippen molar-refractivity contribution in [2.24, 2.45) is 11.5 Å². The van der Waals surface area contributed by atoms with Gasteiger partial charge in [0.1, 0.15) is 6.04 Å². The topological polar surface area (TPSA) is 98.7 Å². The van der Waals surface area contributed by atoms with Crippen LogP contribution in [0.3, 0.4) is 0 Å². The lowest BCUT2D eigenvalue weighted by Gasteiger charge is -2.33. The molecule has 0 aliphatic carbocycles. The number of nitrogens with two attached hydrogens (primary N) is 2. The van der Waals surface area contributed by atoms with Crippen molar-refractivity contribution in [3.8, 4) is 0 Å². The van der Waals surface area contributed by atoms with Gasteiger partial charge in [0.05, 0.1) is 13.2 Å². The zero-order valence-corrected chi connectivity index (χ0v) is 11.2. The molecule has 6 heteroatoms. The maximum absolute atomic E-state index is 12.4. The van der Waals surface area contributed by atoms with Gasteiger partial charge in [-0.1, -0.05) is 12.1 Å². The number of carbonyl (C=O) groups excluding carboxylic acids is 2. The van der Waals surface area contributed by atoms with Crippen LogP contribution < -0.4 is 11.5 Å². The summed E-state index contributed by atoms with van der Waals surface area (Å²) in [5.74, 6) is -0.741. The normalized spacial score (nSPS) is 18.9. The standard InChI is InChI=1S/C14H19N3O3/c15-6-5-10-1-3-11(4-2-10)14(19)17-7-8-20-9-12(17)13(16)18/h1-4,12H,5-9,15H2,(H2,16,18). The minimum absolute atomic E-state index is 0.159. The second-order valence-electron chi connectivity index (χ2n) is 4.73. The molecular weight excluding hydrogens is 258 g/mol. The van der Waals surface area contributed by atoms with E-state index in [-0.39, 0.29) is 12.5 Å². The molecule has 4 N–H and O–H groups in total. The lowest BCUT2D eigenvalue weighted by atomic mass is 10.1. The Morgan fingerprint density at radius 3 is 2.60 bits per heavy atom. The van der Waals surface area contributed by atoms with Crippen molar-refractivity contribution in [3.05, 3.63) is 35.4 Å². The van der Waals surface area contributed by atoms with E-state index in [1.165, 1.54) is 4.90 Å². The molecule has 0 radical (unpaired) electrons. The van der Waals surface area contributed by atoms with E-state index in [9.17, 15) is 9.59 Å². The third-order valence-corrected chi connectivity index (χ3v) is 3.35. The van der Waals surface area contributed by atoms with Gasteiger partial charge < -0.3 is 21.1 Å². The van der Waals surface area contributed by atoms with E-state index in [0.717, 1.165) is 12.0 Å². The van der Waals surface area contributed by atoms with Crippen LogP contribution in [0.15, 0.2) is 24.3 Å². The summed E-state index contributed by atoms with van der Waals surface area (Å²) in [7, 11) is 0. The van der Waals surface area contributed by atoms with E-state index in [4.69, 9.17) is 16.2 Å². The van der Waals surface area contributed by atoms with Gasteiger partial charge in [-0.3, -0.25) is 9.59 Å². The largest absolute Gasteiger partial charge is 0.377 e. The van der Waals surface area contributed by atoms with Crippen LogP contribution in [-0.2, 0) is 16.0 Å². The van der Waals surface area contributed by atoms with Gasteiger partial charge in [0.2, 0.25) is 5.91 Å². The molecule has 1 saturated heterocycles. The summed E-state index contributed by atoms with van der Waals surface area (Å²) in [6, 6.07) is 6.56. The predicted molar refractivity (Wildman–Crippen MR) is 74.0 cm³/mol. The van der Waals surface area contributed by atoms with E-state index < -0.39 is 11.9 Å². The maximum atomic E-state index is 12.4. The van der Waals surface area contributed by atoms with Gasteiger partial charge in [0.25, 0.3) is 5.91 Å². The fourth-order valence-corrected chi connectivity index (χ4v) is 2.23. The Morgan fingerprint density at radius 1 is 1.30 bits per heavy atom. The minimum Gasteiger partial charge on any atom is -0.377 e. The number of rotatable bonds is 4. The first-order chi connectivity index (χ1) is 9.63.